The first-order valence-corrected chi connectivity index (χ1v) is 23.5. The van der Waals surface area contributed by atoms with Crippen LogP contribution < -0.4 is 0 Å². The maximum absolute atomic E-state index is 12.9. The lowest BCUT2D eigenvalue weighted by atomic mass is 9.91. The van der Waals surface area contributed by atoms with Crippen molar-refractivity contribution in [3.63, 3.8) is 0 Å². The predicted molar refractivity (Wildman–Crippen MR) is 228 cm³/mol. The average Bonchev–Trinajstić information content (AvgIpc) is 3.20. The number of esters is 4. The molecule has 0 radical (unpaired) electrons. The van der Waals surface area contributed by atoms with Crippen LogP contribution in [0, 0.1) is 11.8 Å². The number of nitrogens with zero attached hydrogens (tertiary/aromatic N) is 1. The minimum Gasteiger partial charge on any atom is -0.465 e. The molecule has 0 aromatic carbocycles. The average molecular weight is 842 g/mol. The fraction of sp³-hybridized carbons (Fsp3) is 0.891. The summed E-state index contributed by atoms with van der Waals surface area (Å²) in [5.74, 6) is -2.21. The molecule has 0 aliphatic heterocycles. The van der Waals surface area contributed by atoms with E-state index >= 15 is 0 Å². The van der Waals surface area contributed by atoms with Crippen molar-refractivity contribution in [2.75, 3.05) is 59.3 Å². The first-order chi connectivity index (χ1) is 28.7. The Morgan fingerprint density at radius 3 is 1.32 bits per heavy atom. The molecular weight excluding hydrogens is 759 g/mol. The van der Waals surface area contributed by atoms with Gasteiger partial charge in [0.15, 0.2) is 0 Å². The Hall–Kier alpha value is -2.93. The molecule has 13 heteroatoms. The summed E-state index contributed by atoms with van der Waals surface area (Å²) in [6.45, 7) is 7.85. The molecule has 1 rings (SSSR count). The van der Waals surface area contributed by atoms with Gasteiger partial charge in [-0.05, 0) is 51.4 Å². The van der Waals surface area contributed by atoms with Gasteiger partial charge in [0.25, 0.3) is 0 Å². The van der Waals surface area contributed by atoms with Crippen molar-refractivity contribution in [3.8, 4) is 0 Å². The van der Waals surface area contributed by atoms with Gasteiger partial charge in [0.2, 0.25) is 0 Å². The molecule has 0 aromatic heterocycles. The molecular formula is C46H83NO12. The number of aliphatic hydroxyl groups excluding tert-OH is 1. The van der Waals surface area contributed by atoms with Crippen LogP contribution in [0.5, 0.6) is 0 Å². The molecule has 1 fully saturated rings. The molecule has 0 spiro atoms. The van der Waals surface area contributed by atoms with E-state index in [0.29, 0.717) is 57.7 Å². The van der Waals surface area contributed by atoms with E-state index in [4.69, 9.17) is 28.4 Å². The summed E-state index contributed by atoms with van der Waals surface area (Å²) in [4.78, 5) is 64.9. The summed E-state index contributed by atoms with van der Waals surface area (Å²) < 4.78 is 32.8. The highest BCUT2D eigenvalue weighted by Gasteiger charge is 2.24. The first-order valence-electron chi connectivity index (χ1n) is 23.5. The van der Waals surface area contributed by atoms with Gasteiger partial charge in [-0.25, -0.2) is 4.79 Å². The topological polar surface area (TPSA) is 164 Å². The lowest BCUT2D eigenvalue weighted by Crippen LogP contribution is -2.42. The predicted octanol–water partition coefficient (Wildman–Crippen LogP) is 9.42. The fourth-order valence-electron chi connectivity index (χ4n) is 6.83. The number of hydrogen-bond acceptors (Lipinski definition) is 13. The van der Waals surface area contributed by atoms with E-state index < -0.39 is 18.0 Å². The number of hydrogen-bond donors (Lipinski definition) is 1. The van der Waals surface area contributed by atoms with Crippen molar-refractivity contribution in [2.24, 2.45) is 11.8 Å². The van der Waals surface area contributed by atoms with Crippen LogP contribution in [0.1, 0.15) is 188 Å². The van der Waals surface area contributed by atoms with Gasteiger partial charge in [-0.15, -0.1) is 0 Å². The number of carbonyl (C=O) groups excluding carboxylic acids is 5. The molecule has 344 valence electrons. The maximum atomic E-state index is 12.9. The van der Waals surface area contributed by atoms with Gasteiger partial charge < -0.3 is 33.5 Å². The van der Waals surface area contributed by atoms with Gasteiger partial charge in [0.05, 0.1) is 32.3 Å². The van der Waals surface area contributed by atoms with Crippen LogP contribution in [-0.2, 0) is 47.6 Å². The normalized spacial score (nSPS) is 13.2. The third-order valence-electron chi connectivity index (χ3n) is 10.8. The molecule has 0 aromatic rings. The Morgan fingerprint density at radius 1 is 0.492 bits per heavy atom. The molecule has 0 amide bonds. The summed E-state index contributed by atoms with van der Waals surface area (Å²) in [6, 6.07) is 0.474. The van der Waals surface area contributed by atoms with Crippen molar-refractivity contribution in [1.29, 1.82) is 0 Å². The summed E-state index contributed by atoms with van der Waals surface area (Å²) in [5.41, 5.74) is 0. The molecule has 1 saturated carbocycles. The van der Waals surface area contributed by atoms with Crippen LogP contribution in [0.15, 0.2) is 0 Å². The Bertz CT molecular complexity index is 1050. The Balaban J connectivity index is 2.64. The van der Waals surface area contributed by atoms with Crippen molar-refractivity contribution in [2.45, 2.75) is 194 Å². The van der Waals surface area contributed by atoms with Gasteiger partial charge in [-0.3, -0.25) is 24.1 Å². The molecule has 0 heterocycles. The standard InChI is InChI=1S/C46H83NO12/c1-4-7-10-13-16-19-28-44(51)57-36-40(38-59-46(53)54-33-22-30-47(31-32-48)41-24-21-25-41)37-58-45(52)29-20-23-39(34-55-42(49)26-17-14-11-8-5-2)35-56-43(50)27-18-15-12-9-6-3/h39-41,48H,4-38H2,1-3H3. The lowest BCUT2D eigenvalue weighted by Gasteiger charge is -2.37. The van der Waals surface area contributed by atoms with Crippen LogP contribution in [0.3, 0.4) is 0 Å². The molecule has 1 N–H and O–H groups in total. The van der Waals surface area contributed by atoms with E-state index in [1.807, 2.05) is 0 Å². The third-order valence-corrected chi connectivity index (χ3v) is 10.8. The lowest BCUT2D eigenvalue weighted by molar-refractivity contribution is -0.152. The highest BCUT2D eigenvalue weighted by atomic mass is 16.7. The minimum atomic E-state index is -0.850. The second kappa shape index (κ2) is 38.0. The summed E-state index contributed by atoms with van der Waals surface area (Å²) >= 11 is 0. The third kappa shape index (κ3) is 31.6. The molecule has 13 nitrogen and oxygen atoms in total. The van der Waals surface area contributed by atoms with Crippen LogP contribution in [0.2, 0.25) is 0 Å². The van der Waals surface area contributed by atoms with Crippen LogP contribution in [0.4, 0.5) is 4.79 Å². The second-order valence-corrected chi connectivity index (χ2v) is 16.3. The Labute approximate surface area is 356 Å². The molecule has 59 heavy (non-hydrogen) atoms. The van der Waals surface area contributed by atoms with Crippen molar-refractivity contribution in [1.82, 2.24) is 4.90 Å². The monoisotopic (exact) mass is 842 g/mol. The minimum absolute atomic E-state index is 0.0782. The smallest absolute Gasteiger partial charge is 0.465 e. The van der Waals surface area contributed by atoms with Crippen molar-refractivity contribution < 1.29 is 57.5 Å². The molecule has 1 aliphatic carbocycles. The summed E-state index contributed by atoms with van der Waals surface area (Å²) in [5, 5.41) is 9.39. The molecule has 1 atom stereocenters. The number of ether oxygens (including phenoxy) is 6. The largest absolute Gasteiger partial charge is 0.508 e. The molecule has 1 aliphatic rings. The molecule has 0 saturated heterocycles. The van der Waals surface area contributed by atoms with Gasteiger partial charge in [-0.2, -0.15) is 0 Å². The van der Waals surface area contributed by atoms with Crippen molar-refractivity contribution >= 4 is 30.0 Å². The highest BCUT2D eigenvalue weighted by molar-refractivity contribution is 5.70. The van der Waals surface area contributed by atoms with Gasteiger partial charge in [0.1, 0.15) is 19.8 Å². The number of unbranched alkanes of at least 4 members (excludes halogenated alkanes) is 13. The zero-order valence-electron chi connectivity index (χ0n) is 37.4. The summed E-state index contributed by atoms with van der Waals surface area (Å²) in [7, 11) is 0. The van der Waals surface area contributed by atoms with Crippen LogP contribution >= 0.6 is 0 Å². The van der Waals surface area contributed by atoms with Crippen LogP contribution in [-0.4, -0.2) is 105 Å². The first kappa shape index (κ1) is 54.1. The maximum Gasteiger partial charge on any atom is 0.508 e. The van der Waals surface area contributed by atoms with E-state index in [-0.39, 0.29) is 76.5 Å². The van der Waals surface area contributed by atoms with Crippen molar-refractivity contribution in [3.05, 3.63) is 0 Å². The van der Waals surface area contributed by atoms with E-state index in [1.54, 1.807) is 0 Å². The van der Waals surface area contributed by atoms with Crippen LogP contribution in [0.25, 0.3) is 0 Å². The summed E-state index contributed by atoms with van der Waals surface area (Å²) in [6.07, 6.45) is 21.6. The molecule has 0 bridgehead atoms. The number of carbonyl (C=O) groups is 5. The van der Waals surface area contributed by atoms with Gasteiger partial charge >= 0.3 is 30.0 Å². The number of rotatable bonds is 40. The number of aliphatic hydroxyl groups is 1. The van der Waals surface area contributed by atoms with E-state index in [1.165, 1.54) is 12.8 Å². The Morgan fingerprint density at radius 2 is 0.898 bits per heavy atom. The van der Waals surface area contributed by atoms with Gasteiger partial charge in [-0.1, -0.05) is 111 Å². The SMILES string of the molecule is CCCCCCCCC(=O)OCC(COC(=O)CCCC(COC(=O)CCCCCCC)COC(=O)CCCCCCC)COC(=O)OCCCN(CCO)C1CCC1. The highest BCUT2D eigenvalue weighted by Crippen LogP contribution is 2.24. The Kier molecular flexibility index (Phi) is 34.9. The van der Waals surface area contributed by atoms with E-state index in [2.05, 4.69) is 25.7 Å². The molecule has 1 unspecified atom stereocenters. The second-order valence-electron chi connectivity index (χ2n) is 16.3. The van der Waals surface area contributed by atoms with E-state index in [9.17, 15) is 29.1 Å². The fourth-order valence-corrected chi connectivity index (χ4v) is 6.83. The van der Waals surface area contributed by atoms with Gasteiger partial charge in [0, 0.05) is 50.7 Å². The van der Waals surface area contributed by atoms with E-state index in [0.717, 1.165) is 109 Å². The zero-order chi connectivity index (χ0) is 43.2. The quantitative estimate of drug-likeness (QED) is 0.0353. The zero-order valence-corrected chi connectivity index (χ0v) is 37.4.